The summed E-state index contributed by atoms with van der Waals surface area (Å²) in [5.74, 6) is 0.854. The molecular weight excluding hydrogens is 314 g/mol. The highest BCUT2D eigenvalue weighted by Crippen LogP contribution is 2.51. The van der Waals surface area contributed by atoms with E-state index in [9.17, 15) is 10.4 Å². The van der Waals surface area contributed by atoms with Crippen LogP contribution in [0.2, 0.25) is 0 Å². The molecule has 5 nitrogen and oxygen atoms in total. The van der Waals surface area contributed by atoms with Crippen molar-refractivity contribution in [1.82, 2.24) is 4.98 Å². The van der Waals surface area contributed by atoms with Gasteiger partial charge in [0.1, 0.15) is 5.82 Å². The second kappa shape index (κ2) is 6.29. The molecule has 1 aromatic carbocycles. The molecule has 2 atom stereocenters. The molecule has 0 bridgehead atoms. The van der Waals surface area contributed by atoms with Crippen LogP contribution in [0.25, 0.3) is 10.9 Å². The van der Waals surface area contributed by atoms with Crippen molar-refractivity contribution in [3.8, 4) is 6.07 Å². The number of anilines is 1. The summed E-state index contributed by atoms with van der Waals surface area (Å²) < 4.78 is 5.84. The van der Waals surface area contributed by atoms with Crippen LogP contribution in [0.3, 0.4) is 0 Å². The summed E-state index contributed by atoms with van der Waals surface area (Å²) in [6, 6.07) is 11.9. The first-order valence-corrected chi connectivity index (χ1v) is 9.02. The van der Waals surface area contributed by atoms with Crippen LogP contribution in [0.1, 0.15) is 31.7 Å². The third-order valence-corrected chi connectivity index (χ3v) is 5.95. The number of nitrogens with zero attached hydrogens (tertiary/aromatic N) is 3. The minimum atomic E-state index is -0.259. The van der Waals surface area contributed by atoms with Crippen LogP contribution in [0, 0.1) is 16.7 Å². The van der Waals surface area contributed by atoms with Gasteiger partial charge in [0.15, 0.2) is 0 Å². The highest BCUT2D eigenvalue weighted by atomic mass is 16.5. The summed E-state index contributed by atoms with van der Waals surface area (Å²) in [6.45, 7) is 4.37. The van der Waals surface area contributed by atoms with Gasteiger partial charge in [0.2, 0.25) is 0 Å². The van der Waals surface area contributed by atoms with Crippen molar-refractivity contribution in [2.24, 2.45) is 5.41 Å². The van der Waals surface area contributed by atoms with Gasteiger partial charge in [0, 0.05) is 36.9 Å². The van der Waals surface area contributed by atoms with E-state index in [2.05, 4.69) is 11.0 Å². The first kappa shape index (κ1) is 16.3. The van der Waals surface area contributed by atoms with Crippen molar-refractivity contribution < 1.29 is 9.84 Å². The number of aliphatic hydroxyl groups is 1. The Bertz CT molecular complexity index is 819. The van der Waals surface area contributed by atoms with E-state index in [0.717, 1.165) is 49.1 Å². The van der Waals surface area contributed by atoms with Gasteiger partial charge in [-0.25, -0.2) is 4.98 Å². The third kappa shape index (κ3) is 2.57. The number of hydrogen-bond acceptors (Lipinski definition) is 5. The third-order valence-electron chi connectivity index (χ3n) is 5.95. The Morgan fingerprint density at radius 3 is 2.80 bits per heavy atom. The molecule has 0 amide bonds. The summed E-state index contributed by atoms with van der Waals surface area (Å²) in [5, 5.41) is 20.7. The summed E-state index contributed by atoms with van der Waals surface area (Å²) >= 11 is 0. The molecule has 1 aliphatic carbocycles. The first-order valence-electron chi connectivity index (χ1n) is 9.02. The van der Waals surface area contributed by atoms with E-state index in [-0.39, 0.29) is 17.6 Å². The Hall–Kier alpha value is -2.16. The normalized spacial score (nSPS) is 24.9. The van der Waals surface area contributed by atoms with Crippen LogP contribution in [0.4, 0.5) is 5.82 Å². The Kier molecular flexibility index (Phi) is 4.10. The van der Waals surface area contributed by atoms with Crippen LogP contribution >= 0.6 is 0 Å². The van der Waals surface area contributed by atoms with E-state index in [1.807, 2.05) is 37.3 Å². The number of rotatable bonds is 3. The highest BCUT2D eigenvalue weighted by Gasteiger charge is 2.56. The molecule has 1 aromatic heterocycles. The molecule has 2 heterocycles. The fraction of sp³-hybridized carbons (Fsp3) is 0.500. The number of benzene rings is 1. The van der Waals surface area contributed by atoms with Crippen LogP contribution in [0.5, 0.6) is 0 Å². The van der Waals surface area contributed by atoms with Gasteiger partial charge in [-0.1, -0.05) is 18.2 Å². The largest absolute Gasteiger partial charge is 0.392 e. The average Bonchev–Trinajstić information content (AvgIpc) is 2.67. The number of ether oxygens (including phenoxy) is 1. The highest BCUT2D eigenvalue weighted by molar-refractivity contribution is 5.86. The van der Waals surface area contributed by atoms with Gasteiger partial charge in [-0.3, -0.25) is 0 Å². The Labute approximate surface area is 147 Å². The number of aliphatic hydroxyl groups excluding tert-OH is 1. The second-order valence-corrected chi connectivity index (χ2v) is 7.07. The molecule has 2 aliphatic rings. The van der Waals surface area contributed by atoms with Crippen molar-refractivity contribution in [3.63, 3.8) is 0 Å². The quantitative estimate of drug-likeness (QED) is 0.933. The van der Waals surface area contributed by atoms with Gasteiger partial charge < -0.3 is 14.7 Å². The number of pyridine rings is 1. The molecule has 2 aromatic rings. The van der Waals surface area contributed by atoms with Crippen LogP contribution in [-0.2, 0) is 4.74 Å². The lowest BCUT2D eigenvalue weighted by atomic mass is 9.58. The molecule has 0 unspecified atom stereocenters. The number of nitriles is 1. The van der Waals surface area contributed by atoms with Gasteiger partial charge in [-0.15, -0.1) is 0 Å². The predicted octanol–water partition coefficient (Wildman–Crippen LogP) is 2.86. The topological polar surface area (TPSA) is 69.4 Å². The molecule has 0 radical (unpaired) electrons. The predicted molar refractivity (Wildman–Crippen MR) is 96.4 cm³/mol. The van der Waals surface area contributed by atoms with Crippen LogP contribution in [-0.4, -0.2) is 42.0 Å². The van der Waals surface area contributed by atoms with Gasteiger partial charge in [-0.05, 0) is 31.9 Å². The van der Waals surface area contributed by atoms with Crippen molar-refractivity contribution in [2.45, 2.75) is 38.4 Å². The first-order chi connectivity index (χ1) is 12.2. The number of fused-ring (bicyclic) bond motifs is 1. The van der Waals surface area contributed by atoms with Crippen molar-refractivity contribution in [2.75, 3.05) is 24.6 Å². The SMILES string of the molecule is CCO[C@H]1C[C@@H](O)C12CCN(c1cc(C#N)c3ccccc3n1)CC2. The Balaban J connectivity index is 1.57. The summed E-state index contributed by atoms with van der Waals surface area (Å²) in [5.41, 5.74) is 1.42. The lowest BCUT2D eigenvalue weighted by Gasteiger charge is -2.56. The fourth-order valence-corrected chi connectivity index (χ4v) is 4.38. The number of aromatic nitrogens is 1. The molecule has 5 heteroatoms. The summed E-state index contributed by atoms with van der Waals surface area (Å²) in [6.07, 6.45) is 2.46. The summed E-state index contributed by atoms with van der Waals surface area (Å²) in [7, 11) is 0. The molecule has 2 fully saturated rings. The fourth-order valence-electron chi connectivity index (χ4n) is 4.38. The second-order valence-electron chi connectivity index (χ2n) is 7.07. The van der Waals surface area contributed by atoms with Gasteiger partial charge in [0.05, 0.1) is 29.4 Å². The molecule has 4 rings (SSSR count). The molecule has 1 saturated heterocycles. The molecular formula is C20H23N3O2. The van der Waals surface area contributed by atoms with E-state index >= 15 is 0 Å². The van der Waals surface area contributed by atoms with E-state index in [1.165, 1.54) is 0 Å². The molecule has 1 N–H and O–H groups in total. The summed E-state index contributed by atoms with van der Waals surface area (Å²) in [4.78, 5) is 6.98. The molecule has 130 valence electrons. The number of hydrogen-bond donors (Lipinski definition) is 1. The van der Waals surface area contributed by atoms with Crippen LogP contribution in [0.15, 0.2) is 30.3 Å². The Morgan fingerprint density at radius 1 is 1.36 bits per heavy atom. The van der Waals surface area contributed by atoms with Crippen molar-refractivity contribution in [1.29, 1.82) is 5.26 Å². The van der Waals surface area contributed by atoms with Crippen molar-refractivity contribution >= 4 is 16.7 Å². The van der Waals surface area contributed by atoms with E-state index in [4.69, 9.17) is 9.72 Å². The van der Waals surface area contributed by atoms with Gasteiger partial charge in [-0.2, -0.15) is 5.26 Å². The smallest absolute Gasteiger partial charge is 0.130 e. The van der Waals surface area contributed by atoms with Gasteiger partial charge >= 0.3 is 0 Å². The maximum atomic E-state index is 10.3. The van der Waals surface area contributed by atoms with E-state index in [1.54, 1.807) is 0 Å². The molecule has 1 spiro atoms. The monoisotopic (exact) mass is 337 g/mol. The maximum Gasteiger partial charge on any atom is 0.130 e. The zero-order valence-corrected chi connectivity index (χ0v) is 14.5. The number of piperidine rings is 1. The number of para-hydroxylation sites is 1. The lowest BCUT2D eigenvalue weighted by Crippen LogP contribution is -2.62. The van der Waals surface area contributed by atoms with E-state index < -0.39 is 0 Å². The maximum absolute atomic E-state index is 10.3. The van der Waals surface area contributed by atoms with E-state index in [0.29, 0.717) is 12.2 Å². The lowest BCUT2D eigenvalue weighted by molar-refractivity contribution is -0.199. The molecule has 25 heavy (non-hydrogen) atoms. The zero-order chi connectivity index (χ0) is 17.4. The standard InChI is InChI=1S/C20H23N3O2/c1-2-25-18-12-17(24)20(18)7-9-23(10-8-20)19-11-14(13-21)15-5-3-4-6-16(15)22-19/h3-6,11,17-18,24H,2,7-10,12H2,1H3/t17-,18+/m1/s1. The average molecular weight is 337 g/mol. The van der Waals surface area contributed by atoms with Crippen LogP contribution < -0.4 is 4.90 Å². The minimum Gasteiger partial charge on any atom is -0.392 e. The minimum absolute atomic E-state index is 0.0958. The van der Waals surface area contributed by atoms with Crippen molar-refractivity contribution in [3.05, 3.63) is 35.9 Å². The van der Waals surface area contributed by atoms with Gasteiger partial charge in [0.25, 0.3) is 0 Å². The Morgan fingerprint density at radius 2 is 2.12 bits per heavy atom. The molecule has 1 saturated carbocycles. The zero-order valence-electron chi connectivity index (χ0n) is 14.5. The molecule has 1 aliphatic heterocycles.